The van der Waals surface area contributed by atoms with Crippen molar-refractivity contribution in [2.24, 2.45) is 0 Å². The summed E-state index contributed by atoms with van der Waals surface area (Å²) in [5.41, 5.74) is 7.22. The van der Waals surface area contributed by atoms with Crippen LogP contribution in [0.3, 0.4) is 0 Å². The molecule has 38 heavy (non-hydrogen) atoms. The first-order valence-corrected chi connectivity index (χ1v) is 13.1. The lowest BCUT2D eigenvalue weighted by molar-refractivity contribution is 1.26. The second-order valence-corrected chi connectivity index (χ2v) is 9.86. The first-order chi connectivity index (χ1) is 18.8. The molecule has 7 aromatic carbocycles. The van der Waals surface area contributed by atoms with Gasteiger partial charge in [0.2, 0.25) is 0 Å². The number of nitrogens with zero attached hydrogens (tertiary/aromatic N) is 1. The van der Waals surface area contributed by atoms with Crippen molar-refractivity contribution in [2.75, 3.05) is 4.90 Å². The topological polar surface area (TPSA) is 3.24 Å². The molecule has 1 heteroatoms. The Kier molecular flexibility index (Phi) is 5.41. The number of rotatable bonds is 4. The van der Waals surface area contributed by atoms with Gasteiger partial charge in [-0.1, -0.05) is 121 Å². The maximum absolute atomic E-state index is 2.44. The van der Waals surface area contributed by atoms with E-state index in [0.717, 1.165) is 5.69 Å². The Balaban J connectivity index is 1.60. The molecule has 1 nitrogen and oxygen atoms in total. The molecule has 0 saturated heterocycles. The summed E-state index contributed by atoms with van der Waals surface area (Å²) in [5.74, 6) is 0. The van der Waals surface area contributed by atoms with E-state index in [1.54, 1.807) is 0 Å². The van der Waals surface area contributed by atoms with E-state index in [0.29, 0.717) is 0 Å². The van der Waals surface area contributed by atoms with Gasteiger partial charge in [0, 0.05) is 16.9 Å². The van der Waals surface area contributed by atoms with Crippen molar-refractivity contribution in [1.29, 1.82) is 0 Å². The highest BCUT2D eigenvalue weighted by atomic mass is 15.1. The second-order valence-electron chi connectivity index (χ2n) is 9.86. The van der Waals surface area contributed by atoms with Crippen LogP contribution in [-0.4, -0.2) is 0 Å². The van der Waals surface area contributed by atoms with Crippen molar-refractivity contribution in [1.82, 2.24) is 0 Å². The van der Waals surface area contributed by atoms with Crippen molar-refractivity contribution in [3.05, 3.63) is 151 Å². The highest BCUT2D eigenvalue weighted by Gasteiger charge is 2.21. The Morgan fingerprint density at radius 3 is 1.84 bits per heavy atom. The van der Waals surface area contributed by atoms with Crippen molar-refractivity contribution in [2.45, 2.75) is 6.92 Å². The molecular formula is C37H27N. The van der Waals surface area contributed by atoms with Crippen LogP contribution in [0, 0.1) is 6.92 Å². The Morgan fingerprint density at radius 2 is 1.03 bits per heavy atom. The lowest BCUT2D eigenvalue weighted by Gasteiger charge is -2.30. The molecule has 0 aliphatic carbocycles. The van der Waals surface area contributed by atoms with Crippen LogP contribution in [0.4, 0.5) is 17.1 Å². The Morgan fingerprint density at radius 1 is 0.421 bits per heavy atom. The molecule has 0 atom stereocenters. The van der Waals surface area contributed by atoms with Crippen LogP contribution in [0.5, 0.6) is 0 Å². The number of aryl methyl sites for hydroxylation is 1. The largest absolute Gasteiger partial charge is 0.310 e. The third-order valence-electron chi connectivity index (χ3n) is 7.55. The van der Waals surface area contributed by atoms with Gasteiger partial charge in [0.25, 0.3) is 0 Å². The molecule has 0 aliphatic rings. The Labute approximate surface area is 223 Å². The summed E-state index contributed by atoms with van der Waals surface area (Å²) >= 11 is 0. The molecular weight excluding hydrogens is 458 g/mol. The third kappa shape index (κ3) is 3.72. The summed E-state index contributed by atoms with van der Waals surface area (Å²) in [7, 11) is 0. The molecule has 0 heterocycles. The van der Waals surface area contributed by atoms with E-state index in [-0.39, 0.29) is 0 Å². The number of para-hydroxylation sites is 1. The summed E-state index contributed by atoms with van der Waals surface area (Å²) in [5, 5.41) is 7.47. The van der Waals surface area contributed by atoms with E-state index in [4.69, 9.17) is 0 Å². The third-order valence-corrected chi connectivity index (χ3v) is 7.55. The predicted octanol–water partition coefficient (Wildman–Crippen LogP) is 10.6. The van der Waals surface area contributed by atoms with Crippen LogP contribution in [0.25, 0.3) is 43.4 Å². The molecule has 7 rings (SSSR count). The molecule has 0 saturated carbocycles. The molecule has 0 fully saturated rings. The van der Waals surface area contributed by atoms with Crippen LogP contribution in [0.15, 0.2) is 146 Å². The fourth-order valence-corrected chi connectivity index (χ4v) is 5.71. The summed E-state index contributed by atoms with van der Waals surface area (Å²) in [6.07, 6.45) is 0. The van der Waals surface area contributed by atoms with Crippen LogP contribution in [-0.2, 0) is 0 Å². The summed E-state index contributed by atoms with van der Waals surface area (Å²) in [6, 6.07) is 52.7. The van der Waals surface area contributed by atoms with Crippen LogP contribution in [0.1, 0.15) is 5.56 Å². The molecule has 0 radical (unpaired) electrons. The quantitative estimate of drug-likeness (QED) is 0.240. The molecule has 0 bridgehead atoms. The highest BCUT2D eigenvalue weighted by Crippen LogP contribution is 2.46. The maximum atomic E-state index is 2.44. The lowest BCUT2D eigenvalue weighted by Crippen LogP contribution is -2.12. The van der Waals surface area contributed by atoms with E-state index in [1.165, 1.54) is 60.4 Å². The number of benzene rings is 7. The Hall–Kier alpha value is -4.88. The zero-order valence-corrected chi connectivity index (χ0v) is 21.3. The van der Waals surface area contributed by atoms with Gasteiger partial charge < -0.3 is 4.90 Å². The molecule has 0 unspecified atom stereocenters. The standard InChI is InChI=1S/C37H27N/c1-26-11-2-9-20-35(26)38(31-23-21-27-12-3-4-15-30(27)25-31)36-24-22-29-14-6-8-18-33(29)37(36)34-19-10-16-28-13-5-7-17-32(28)34/h2-25H,1H3. The van der Waals surface area contributed by atoms with E-state index in [9.17, 15) is 0 Å². The number of fused-ring (bicyclic) bond motifs is 3. The number of anilines is 3. The SMILES string of the molecule is Cc1ccccc1N(c1ccc2ccccc2c1)c1ccc2ccccc2c1-c1cccc2ccccc12. The van der Waals surface area contributed by atoms with E-state index < -0.39 is 0 Å². The van der Waals surface area contributed by atoms with Gasteiger partial charge in [0.1, 0.15) is 0 Å². The van der Waals surface area contributed by atoms with Gasteiger partial charge in [0.05, 0.1) is 5.69 Å². The lowest BCUT2D eigenvalue weighted by atomic mass is 9.91. The van der Waals surface area contributed by atoms with Gasteiger partial charge in [-0.2, -0.15) is 0 Å². The molecule has 0 aromatic heterocycles. The van der Waals surface area contributed by atoms with Crippen molar-refractivity contribution in [3.8, 4) is 11.1 Å². The van der Waals surface area contributed by atoms with Gasteiger partial charge in [-0.05, 0) is 74.6 Å². The van der Waals surface area contributed by atoms with Gasteiger partial charge in [0.15, 0.2) is 0 Å². The van der Waals surface area contributed by atoms with Gasteiger partial charge >= 0.3 is 0 Å². The first-order valence-electron chi connectivity index (χ1n) is 13.1. The van der Waals surface area contributed by atoms with Gasteiger partial charge in [-0.3, -0.25) is 0 Å². The molecule has 0 aliphatic heterocycles. The monoisotopic (exact) mass is 485 g/mol. The fraction of sp³-hybridized carbons (Fsp3) is 0.0270. The minimum atomic E-state index is 1.15. The molecule has 0 amide bonds. The van der Waals surface area contributed by atoms with Crippen molar-refractivity contribution >= 4 is 49.4 Å². The van der Waals surface area contributed by atoms with Gasteiger partial charge in [-0.15, -0.1) is 0 Å². The van der Waals surface area contributed by atoms with E-state index in [2.05, 4.69) is 157 Å². The minimum absolute atomic E-state index is 1.15. The Bertz CT molecular complexity index is 1940. The highest BCUT2D eigenvalue weighted by molar-refractivity contribution is 6.11. The average Bonchev–Trinajstić information content (AvgIpc) is 2.98. The van der Waals surface area contributed by atoms with Crippen LogP contribution >= 0.6 is 0 Å². The summed E-state index contributed by atoms with van der Waals surface area (Å²) in [6.45, 7) is 2.20. The minimum Gasteiger partial charge on any atom is -0.310 e. The fourth-order valence-electron chi connectivity index (χ4n) is 5.71. The smallest absolute Gasteiger partial charge is 0.0546 e. The zero-order valence-electron chi connectivity index (χ0n) is 21.3. The maximum Gasteiger partial charge on any atom is 0.0546 e. The second kappa shape index (κ2) is 9.21. The van der Waals surface area contributed by atoms with Crippen LogP contribution < -0.4 is 4.90 Å². The molecule has 7 aromatic rings. The molecule has 180 valence electrons. The van der Waals surface area contributed by atoms with Gasteiger partial charge in [-0.25, -0.2) is 0 Å². The first kappa shape index (κ1) is 22.3. The summed E-state index contributed by atoms with van der Waals surface area (Å²) in [4.78, 5) is 2.44. The molecule has 0 N–H and O–H groups in total. The molecule has 0 spiro atoms. The number of hydrogen-bond acceptors (Lipinski definition) is 1. The van der Waals surface area contributed by atoms with Crippen molar-refractivity contribution in [3.63, 3.8) is 0 Å². The predicted molar refractivity (Wildman–Crippen MR) is 164 cm³/mol. The zero-order chi connectivity index (χ0) is 25.5. The van der Waals surface area contributed by atoms with E-state index in [1.807, 2.05) is 0 Å². The average molecular weight is 486 g/mol. The van der Waals surface area contributed by atoms with E-state index >= 15 is 0 Å². The number of hydrogen-bond donors (Lipinski definition) is 0. The van der Waals surface area contributed by atoms with Crippen molar-refractivity contribution < 1.29 is 0 Å². The normalized spacial score (nSPS) is 11.3. The summed E-state index contributed by atoms with van der Waals surface area (Å²) < 4.78 is 0. The van der Waals surface area contributed by atoms with Crippen LogP contribution in [0.2, 0.25) is 0 Å².